The Morgan fingerprint density at radius 1 is 0.310 bits per heavy atom. The van der Waals surface area contributed by atoms with E-state index in [1.54, 1.807) is 0 Å². The molecule has 0 saturated carbocycles. The van der Waals surface area contributed by atoms with Crippen molar-refractivity contribution in [3.63, 3.8) is 0 Å². The first-order chi connectivity index (χ1) is 28.8. The van der Waals surface area contributed by atoms with Crippen LogP contribution in [0.15, 0.2) is 206 Å². The van der Waals surface area contributed by atoms with Gasteiger partial charge in [0.05, 0.1) is 22.2 Å². The summed E-state index contributed by atoms with van der Waals surface area (Å²) in [5.41, 5.74) is 19.7. The van der Waals surface area contributed by atoms with Gasteiger partial charge in [-0.1, -0.05) is 158 Å². The van der Waals surface area contributed by atoms with Gasteiger partial charge in [0.1, 0.15) is 0 Å². The third-order valence-corrected chi connectivity index (χ3v) is 12.7. The van der Waals surface area contributed by atoms with Gasteiger partial charge in [0.2, 0.25) is 0 Å². The zero-order valence-corrected chi connectivity index (χ0v) is 31.5. The highest BCUT2D eigenvalue weighted by molar-refractivity contribution is 7.00. The lowest BCUT2D eigenvalue weighted by molar-refractivity contribution is 1.13. The van der Waals surface area contributed by atoms with Crippen LogP contribution in [-0.2, 0) is 0 Å². The van der Waals surface area contributed by atoms with Crippen molar-refractivity contribution in [1.82, 2.24) is 9.13 Å². The average molecular weight is 736 g/mol. The first kappa shape index (κ1) is 31.6. The molecular formula is C54H34BN3. The van der Waals surface area contributed by atoms with Crippen molar-refractivity contribution in [2.75, 3.05) is 4.90 Å². The van der Waals surface area contributed by atoms with E-state index in [0.717, 1.165) is 11.4 Å². The van der Waals surface area contributed by atoms with Crippen molar-refractivity contribution in [3.8, 4) is 33.6 Å². The van der Waals surface area contributed by atoms with Gasteiger partial charge in [0.25, 0.3) is 6.71 Å². The summed E-state index contributed by atoms with van der Waals surface area (Å²) < 4.78 is 5.09. The summed E-state index contributed by atoms with van der Waals surface area (Å²) in [6.45, 7) is 0.0622. The molecule has 0 fully saturated rings. The molecule has 268 valence electrons. The normalized spacial score (nSPS) is 12.8. The van der Waals surface area contributed by atoms with E-state index in [9.17, 15) is 0 Å². The maximum Gasteiger partial charge on any atom is 0.252 e. The molecule has 13 rings (SSSR count). The predicted octanol–water partition coefficient (Wildman–Crippen LogP) is 11.8. The molecule has 0 spiro atoms. The Morgan fingerprint density at radius 2 is 0.862 bits per heavy atom. The topological polar surface area (TPSA) is 13.1 Å². The van der Waals surface area contributed by atoms with Gasteiger partial charge in [0, 0.05) is 49.8 Å². The molecule has 2 aliphatic rings. The van der Waals surface area contributed by atoms with E-state index < -0.39 is 0 Å². The van der Waals surface area contributed by atoms with Crippen molar-refractivity contribution in [2.45, 2.75) is 0 Å². The van der Waals surface area contributed by atoms with Crippen LogP contribution in [0.2, 0.25) is 0 Å². The van der Waals surface area contributed by atoms with Crippen molar-refractivity contribution in [1.29, 1.82) is 0 Å². The minimum absolute atomic E-state index is 0.0622. The van der Waals surface area contributed by atoms with Crippen LogP contribution in [0.25, 0.3) is 77.2 Å². The second kappa shape index (κ2) is 12.0. The molecule has 0 saturated heterocycles. The maximum absolute atomic E-state index is 2.59. The van der Waals surface area contributed by atoms with Gasteiger partial charge < -0.3 is 14.0 Å². The van der Waals surface area contributed by atoms with Gasteiger partial charge >= 0.3 is 0 Å². The lowest BCUT2D eigenvalue weighted by Gasteiger charge is -2.40. The van der Waals surface area contributed by atoms with Gasteiger partial charge in [-0.25, -0.2) is 0 Å². The van der Waals surface area contributed by atoms with Crippen LogP contribution in [0.1, 0.15) is 0 Å². The monoisotopic (exact) mass is 735 g/mol. The highest BCUT2D eigenvalue weighted by Crippen LogP contribution is 2.44. The van der Waals surface area contributed by atoms with Crippen LogP contribution in [0.3, 0.4) is 0 Å². The lowest BCUT2D eigenvalue weighted by Crippen LogP contribution is -2.60. The van der Waals surface area contributed by atoms with E-state index in [1.165, 1.54) is 99.3 Å². The Morgan fingerprint density at radius 3 is 1.60 bits per heavy atom. The molecule has 0 atom stereocenters. The van der Waals surface area contributed by atoms with Gasteiger partial charge in [0.15, 0.2) is 0 Å². The van der Waals surface area contributed by atoms with Gasteiger partial charge in [-0.15, -0.1) is 0 Å². The number of hydrogen-bond acceptors (Lipinski definition) is 1. The van der Waals surface area contributed by atoms with Gasteiger partial charge in [-0.2, -0.15) is 0 Å². The largest absolute Gasteiger partial charge is 0.311 e. The third kappa shape index (κ3) is 4.34. The van der Waals surface area contributed by atoms with E-state index in [0.29, 0.717) is 0 Å². The summed E-state index contributed by atoms with van der Waals surface area (Å²) in [7, 11) is 0. The fourth-order valence-corrected chi connectivity index (χ4v) is 10.2. The first-order valence-electron chi connectivity index (χ1n) is 20.1. The zero-order chi connectivity index (χ0) is 37.9. The Labute approximate surface area is 336 Å². The second-order valence-electron chi connectivity index (χ2n) is 15.7. The summed E-state index contributed by atoms with van der Waals surface area (Å²) in [5.74, 6) is 0. The van der Waals surface area contributed by atoms with Crippen LogP contribution in [0.5, 0.6) is 0 Å². The molecule has 58 heavy (non-hydrogen) atoms. The number of anilines is 3. The van der Waals surface area contributed by atoms with Crippen molar-refractivity contribution < 1.29 is 0 Å². The smallest absolute Gasteiger partial charge is 0.252 e. The Balaban J connectivity index is 1.19. The second-order valence-corrected chi connectivity index (χ2v) is 15.7. The fourth-order valence-electron chi connectivity index (χ4n) is 10.2. The molecule has 4 heterocycles. The first-order valence-corrected chi connectivity index (χ1v) is 20.1. The number of hydrogen-bond donors (Lipinski definition) is 0. The van der Waals surface area contributed by atoms with Crippen LogP contribution in [-0.4, -0.2) is 15.8 Å². The fraction of sp³-hybridized carbons (Fsp3) is 0. The molecule has 9 aromatic carbocycles. The minimum Gasteiger partial charge on any atom is -0.311 e. The van der Waals surface area contributed by atoms with E-state index in [1.807, 2.05) is 0 Å². The number of benzene rings is 9. The van der Waals surface area contributed by atoms with Crippen molar-refractivity contribution in [3.05, 3.63) is 206 Å². The SMILES string of the molecule is c1ccc(-c2ccc3c4ccccc4n(-c4cc5c6c(c4)-n4c7cc(-c8ccccc8)ccc7c7cccc(c74)B6c4ccccc4N5c4ccccc4)c3c2)cc1. The molecule has 11 aromatic rings. The molecule has 0 radical (unpaired) electrons. The molecule has 0 amide bonds. The number of aromatic nitrogens is 2. The van der Waals surface area contributed by atoms with Crippen molar-refractivity contribution in [2.24, 2.45) is 0 Å². The van der Waals surface area contributed by atoms with Gasteiger partial charge in [-0.05, 0) is 87.2 Å². The van der Waals surface area contributed by atoms with E-state index in [2.05, 4.69) is 220 Å². The summed E-state index contributed by atoms with van der Waals surface area (Å²) in [6.07, 6.45) is 0. The van der Waals surface area contributed by atoms with Crippen molar-refractivity contribution >= 4 is 83.8 Å². The van der Waals surface area contributed by atoms with Crippen LogP contribution < -0.4 is 21.3 Å². The molecule has 2 aromatic heterocycles. The zero-order valence-electron chi connectivity index (χ0n) is 31.5. The molecule has 2 aliphatic heterocycles. The highest BCUT2D eigenvalue weighted by Gasteiger charge is 2.42. The summed E-state index contributed by atoms with van der Waals surface area (Å²) in [4.78, 5) is 2.50. The summed E-state index contributed by atoms with van der Waals surface area (Å²) in [5, 5.41) is 5.05. The maximum atomic E-state index is 2.59. The standard InChI is InChI=1S/C54H34BN3/c1-4-15-35(16-5-1)37-27-29-42-41-21-10-12-25-47(41)57(49(42)31-37)40-33-51-53-52(34-40)58-50-32-38(36-17-6-2-7-18-36)28-30-43(50)44-22-14-24-46(54(44)58)55(53)45-23-11-13-26-48(45)56(51)39-19-8-3-9-20-39/h1-34H. The van der Waals surface area contributed by atoms with E-state index >= 15 is 0 Å². The Hall–Kier alpha value is -7.56. The van der Waals surface area contributed by atoms with E-state index in [4.69, 9.17) is 0 Å². The third-order valence-electron chi connectivity index (χ3n) is 12.7. The predicted molar refractivity (Wildman–Crippen MR) is 245 cm³/mol. The molecule has 0 unspecified atom stereocenters. The summed E-state index contributed by atoms with van der Waals surface area (Å²) >= 11 is 0. The molecular weight excluding hydrogens is 701 g/mol. The molecule has 0 bridgehead atoms. The Bertz CT molecular complexity index is 3450. The number of fused-ring (bicyclic) bond motifs is 10. The van der Waals surface area contributed by atoms with Crippen LogP contribution >= 0.6 is 0 Å². The number of nitrogens with zero attached hydrogens (tertiary/aromatic N) is 3. The molecule has 0 N–H and O–H groups in total. The van der Waals surface area contributed by atoms with Crippen LogP contribution in [0.4, 0.5) is 17.1 Å². The summed E-state index contributed by atoms with van der Waals surface area (Å²) in [6, 6.07) is 76.3. The number of rotatable bonds is 4. The van der Waals surface area contributed by atoms with Gasteiger partial charge in [-0.3, -0.25) is 0 Å². The lowest BCUT2D eigenvalue weighted by atomic mass is 9.34. The Kier molecular flexibility index (Phi) is 6.53. The highest BCUT2D eigenvalue weighted by atomic mass is 15.2. The average Bonchev–Trinajstić information content (AvgIpc) is 3.81. The molecule has 3 nitrogen and oxygen atoms in total. The number of para-hydroxylation sites is 4. The minimum atomic E-state index is 0.0622. The quantitative estimate of drug-likeness (QED) is 0.164. The molecule has 4 heteroatoms. The van der Waals surface area contributed by atoms with Crippen LogP contribution in [0, 0.1) is 0 Å². The van der Waals surface area contributed by atoms with E-state index in [-0.39, 0.29) is 6.71 Å². The molecule has 0 aliphatic carbocycles.